The lowest BCUT2D eigenvalue weighted by Gasteiger charge is -2.10. The van der Waals surface area contributed by atoms with Crippen molar-refractivity contribution >= 4 is 39.9 Å². The Labute approximate surface area is 120 Å². The quantitative estimate of drug-likeness (QED) is 0.348. The van der Waals surface area contributed by atoms with E-state index in [9.17, 15) is 0 Å². The van der Waals surface area contributed by atoms with Crippen molar-refractivity contribution in [1.29, 1.82) is 0 Å². The zero-order valence-electron chi connectivity index (χ0n) is 10.1. The van der Waals surface area contributed by atoms with Crippen molar-refractivity contribution in [2.75, 3.05) is 33.9 Å². The molecule has 0 fully saturated rings. The summed E-state index contributed by atoms with van der Waals surface area (Å²) in [6.45, 7) is 2.35. The molecule has 6 heteroatoms. The Hall–Kier alpha value is -0.340. The highest BCUT2D eigenvalue weighted by Gasteiger charge is 1.99. The lowest BCUT2D eigenvalue weighted by molar-refractivity contribution is 0.203. The van der Waals surface area contributed by atoms with Gasteiger partial charge in [-0.2, -0.15) is 0 Å². The van der Waals surface area contributed by atoms with Crippen LogP contribution in [0.25, 0.3) is 0 Å². The summed E-state index contributed by atoms with van der Waals surface area (Å²) in [7, 11) is 3.46. The van der Waals surface area contributed by atoms with Gasteiger partial charge in [0.1, 0.15) is 0 Å². The third-order valence-corrected chi connectivity index (χ3v) is 4.07. The van der Waals surface area contributed by atoms with Crippen LogP contribution >= 0.6 is 33.9 Å². The van der Waals surface area contributed by atoms with Crippen LogP contribution in [0.15, 0.2) is 17.1 Å². The van der Waals surface area contributed by atoms with Crippen LogP contribution in [-0.4, -0.2) is 39.8 Å². The van der Waals surface area contributed by atoms with Gasteiger partial charge >= 0.3 is 0 Å². The van der Waals surface area contributed by atoms with Gasteiger partial charge in [0.2, 0.25) is 0 Å². The van der Waals surface area contributed by atoms with E-state index in [4.69, 9.17) is 4.74 Å². The lowest BCUT2D eigenvalue weighted by atomic mass is 10.3. The number of aliphatic imine (C=N–C) groups is 1. The second-order valence-electron chi connectivity index (χ2n) is 3.37. The molecule has 0 bridgehead atoms. The van der Waals surface area contributed by atoms with Gasteiger partial charge in [-0.3, -0.25) is 4.99 Å². The Morgan fingerprint density at radius 2 is 2.18 bits per heavy atom. The predicted octanol–water partition coefficient (Wildman–Crippen LogP) is 1.71. The van der Waals surface area contributed by atoms with Crippen molar-refractivity contribution in [3.63, 3.8) is 0 Å². The first-order chi connectivity index (χ1) is 8.26. The maximum absolute atomic E-state index is 4.97. The van der Waals surface area contributed by atoms with Crippen LogP contribution in [-0.2, 0) is 11.2 Å². The number of nitrogens with zero attached hydrogens (tertiary/aromatic N) is 1. The average Bonchev–Trinajstić information content (AvgIpc) is 2.73. The summed E-state index contributed by atoms with van der Waals surface area (Å²) < 4.78 is 6.30. The average molecular weight is 367 g/mol. The normalized spacial score (nSPS) is 11.6. The zero-order valence-corrected chi connectivity index (χ0v) is 13.1. The van der Waals surface area contributed by atoms with E-state index in [0.29, 0.717) is 6.61 Å². The summed E-state index contributed by atoms with van der Waals surface area (Å²) in [5.41, 5.74) is 0. The second kappa shape index (κ2) is 8.71. The van der Waals surface area contributed by atoms with Crippen LogP contribution in [0.5, 0.6) is 0 Å². The number of nitrogens with one attached hydrogen (secondary N) is 2. The summed E-state index contributed by atoms with van der Waals surface area (Å²) in [5, 5.41) is 6.45. The standard InChI is InChI=1S/C11H18IN3OS/c1-13-11(15-7-8-16-2)14-6-5-9-3-4-10(12)17-9/h3-4H,5-8H2,1-2H3,(H2,13,14,15). The number of hydrogen-bond donors (Lipinski definition) is 2. The van der Waals surface area contributed by atoms with Crippen molar-refractivity contribution < 1.29 is 4.74 Å². The molecule has 0 amide bonds. The molecule has 1 aromatic rings. The molecule has 96 valence electrons. The largest absolute Gasteiger partial charge is 0.383 e. The number of thiophene rings is 1. The molecule has 0 aliphatic rings. The molecule has 1 aromatic heterocycles. The molecule has 0 spiro atoms. The molecule has 4 nitrogen and oxygen atoms in total. The van der Waals surface area contributed by atoms with Gasteiger partial charge in [0.15, 0.2) is 5.96 Å². The molecule has 0 aliphatic heterocycles. The first kappa shape index (κ1) is 14.7. The molecule has 0 aliphatic carbocycles. The molecule has 17 heavy (non-hydrogen) atoms. The number of rotatable bonds is 6. The highest BCUT2D eigenvalue weighted by atomic mass is 127. The lowest BCUT2D eigenvalue weighted by Crippen LogP contribution is -2.39. The number of guanidine groups is 1. The summed E-state index contributed by atoms with van der Waals surface area (Å²) in [6.07, 6.45) is 1.03. The molecule has 0 atom stereocenters. The molecular weight excluding hydrogens is 349 g/mol. The molecule has 2 N–H and O–H groups in total. The van der Waals surface area contributed by atoms with Crippen molar-refractivity contribution in [1.82, 2.24) is 10.6 Å². The fourth-order valence-corrected chi connectivity index (χ4v) is 3.04. The minimum Gasteiger partial charge on any atom is -0.383 e. The number of methoxy groups -OCH3 is 1. The minimum absolute atomic E-state index is 0.684. The smallest absolute Gasteiger partial charge is 0.191 e. The van der Waals surface area contributed by atoms with Gasteiger partial charge in [-0.15, -0.1) is 11.3 Å². The van der Waals surface area contributed by atoms with Crippen LogP contribution in [0.3, 0.4) is 0 Å². The highest BCUT2D eigenvalue weighted by Crippen LogP contribution is 2.18. The maximum Gasteiger partial charge on any atom is 0.191 e. The van der Waals surface area contributed by atoms with Crippen molar-refractivity contribution in [3.05, 3.63) is 19.9 Å². The van der Waals surface area contributed by atoms with Gasteiger partial charge in [-0.1, -0.05) is 0 Å². The van der Waals surface area contributed by atoms with E-state index in [0.717, 1.165) is 25.5 Å². The van der Waals surface area contributed by atoms with Gasteiger partial charge in [-0.25, -0.2) is 0 Å². The first-order valence-electron chi connectivity index (χ1n) is 5.44. The zero-order chi connectivity index (χ0) is 12.5. The van der Waals surface area contributed by atoms with Crippen molar-refractivity contribution in [2.45, 2.75) is 6.42 Å². The Bertz CT molecular complexity index is 354. The predicted molar refractivity (Wildman–Crippen MR) is 82.0 cm³/mol. The number of halogens is 1. The van der Waals surface area contributed by atoms with Gasteiger partial charge in [0, 0.05) is 32.1 Å². The second-order valence-corrected chi connectivity index (χ2v) is 6.44. The topological polar surface area (TPSA) is 45.7 Å². The van der Waals surface area contributed by atoms with Crippen LogP contribution in [0.4, 0.5) is 0 Å². The van der Waals surface area contributed by atoms with Crippen LogP contribution in [0, 0.1) is 2.88 Å². The fourth-order valence-electron chi connectivity index (χ4n) is 1.28. The Balaban J connectivity index is 2.19. The van der Waals surface area contributed by atoms with E-state index >= 15 is 0 Å². The van der Waals surface area contributed by atoms with Gasteiger partial charge in [-0.05, 0) is 41.1 Å². The van der Waals surface area contributed by atoms with Crippen LogP contribution < -0.4 is 10.6 Å². The SMILES string of the molecule is CN=C(NCCOC)NCCc1ccc(I)s1. The Morgan fingerprint density at radius 1 is 1.41 bits per heavy atom. The molecule has 0 unspecified atom stereocenters. The molecule has 1 rings (SSSR count). The Morgan fingerprint density at radius 3 is 2.76 bits per heavy atom. The number of hydrogen-bond acceptors (Lipinski definition) is 3. The molecule has 0 saturated carbocycles. The van der Waals surface area contributed by atoms with Gasteiger partial charge < -0.3 is 15.4 Å². The third kappa shape index (κ3) is 6.23. The molecule has 0 aromatic carbocycles. The first-order valence-corrected chi connectivity index (χ1v) is 7.33. The number of ether oxygens (including phenoxy) is 1. The molecular formula is C11H18IN3OS. The highest BCUT2D eigenvalue weighted by molar-refractivity contribution is 14.1. The van der Waals surface area contributed by atoms with E-state index in [1.807, 2.05) is 11.3 Å². The molecule has 0 saturated heterocycles. The summed E-state index contributed by atoms with van der Waals surface area (Å²) in [4.78, 5) is 5.53. The third-order valence-electron chi connectivity index (χ3n) is 2.11. The molecule has 1 heterocycles. The van der Waals surface area contributed by atoms with E-state index in [1.165, 1.54) is 7.76 Å². The van der Waals surface area contributed by atoms with Gasteiger partial charge in [0.05, 0.1) is 9.49 Å². The molecule has 0 radical (unpaired) electrons. The summed E-state index contributed by atoms with van der Waals surface area (Å²) in [5.74, 6) is 0.827. The summed E-state index contributed by atoms with van der Waals surface area (Å²) >= 11 is 4.18. The van der Waals surface area contributed by atoms with Crippen LogP contribution in [0.2, 0.25) is 0 Å². The summed E-state index contributed by atoms with van der Waals surface area (Å²) in [6, 6.07) is 4.32. The Kier molecular flexibility index (Phi) is 7.54. The fraction of sp³-hybridized carbons (Fsp3) is 0.545. The van der Waals surface area contributed by atoms with E-state index in [-0.39, 0.29) is 0 Å². The van der Waals surface area contributed by atoms with Crippen LogP contribution in [0.1, 0.15) is 4.88 Å². The maximum atomic E-state index is 4.97. The van der Waals surface area contributed by atoms with Crippen molar-refractivity contribution in [3.8, 4) is 0 Å². The van der Waals surface area contributed by atoms with Crippen molar-refractivity contribution in [2.24, 2.45) is 4.99 Å². The monoisotopic (exact) mass is 367 g/mol. The minimum atomic E-state index is 0.684. The van der Waals surface area contributed by atoms with E-state index in [2.05, 4.69) is 50.3 Å². The van der Waals surface area contributed by atoms with Gasteiger partial charge in [0.25, 0.3) is 0 Å². The van der Waals surface area contributed by atoms with E-state index in [1.54, 1.807) is 14.2 Å². The van der Waals surface area contributed by atoms with E-state index < -0.39 is 0 Å².